The fraction of sp³-hybridized carbons (Fsp3) is 0.750. The van der Waals surface area contributed by atoms with E-state index in [9.17, 15) is 15.3 Å². The minimum absolute atomic E-state index is 0.304. The molecule has 6 atom stereocenters. The van der Waals surface area contributed by atoms with Gasteiger partial charge < -0.3 is 20.1 Å². The second kappa shape index (κ2) is 13.0. The summed E-state index contributed by atoms with van der Waals surface area (Å²) in [5.74, 6) is 1.75. The maximum atomic E-state index is 10.8. The first-order chi connectivity index (χ1) is 17.1. The number of aliphatic hydroxyl groups excluding tert-OH is 2. The van der Waals surface area contributed by atoms with Gasteiger partial charge in [-0.05, 0) is 85.7 Å². The summed E-state index contributed by atoms with van der Waals surface area (Å²) in [6, 6.07) is 0. The van der Waals surface area contributed by atoms with E-state index >= 15 is 0 Å². The third kappa shape index (κ3) is 7.01. The highest BCUT2D eigenvalue weighted by molar-refractivity contribution is 5.38. The molecule has 0 unspecified atom stereocenters. The quantitative estimate of drug-likeness (QED) is 0.219. The van der Waals surface area contributed by atoms with E-state index in [1.165, 1.54) is 31.3 Å². The number of aliphatic hydroxyl groups is 3. The van der Waals surface area contributed by atoms with Crippen molar-refractivity contribution < 1.29 is 20.1 Å². The van der Waals surface area contributed by atoms with Crippen LogP contribution in [0.25, 0.3) is 0 Å². The van der Waals surface area contributed by atoms with Crippen LogP contribution in [0.5, 0.6) is 0 Å². The summed E-state index contributed by atoms with van der Waals surface area (Å²) in [7, 11) is 0. The molecule has 0 aliphatic heterocycles. The zero-order chi connectivity index (χ0) is 26.3. The van der Waals surface area contributed by atoms with Crippen LogP contribution in [0.3, 0.4) is 0 Å². The number of hydrogen-bond donors (Lipinski definition) is 3. The van der Waals surface area contributed by atoms with Crippen LogP contribution < -0.4 is 0 Å². The molecule has 3 rings (SSSR count). The van der Waals surface area contributed by atoms with E-state index in [-0.39, 0.29) is 0 Å². The number of hydrogen-bond acceptors (Lipinski definition) is 4. The molecule has 0 aromatic carbocycles. The normalized spacial score (nSPS) is 34.6. The Kier molecular flexibility index (Phi) is 10.6. The van der Waals surface area contributed by atoms with Crippen molar-refractivity contribution in [2.24, 2.45) is 23.2 Å². The van der Waals surface area contributed by atoms with E-state index in [0.29, 0.717) is 49.2 Å². The lowest BCUT2D eigenvalue weighted by Gasteiger charge is -2.44. The van der Waals surface area contributed by atoms with E-state index in [0.717, 1.165) is 43.3 Å². The van der Waals surface area contributed by atoms with E-state index in [2.05, 4.69) is 58.6 Å². The Morgan fingerprint density at radius 2 is 1.89 bits per heavy atom. The molecular weight excluding hydrogens is 448 g/mol. The predicted molar refractivity (Wildman–Crippen MR) is 149 cm³/mol. The van der Waals surface area contributed by atoms with Crippen molar-refractivity contribution >= 4 is 0 Å². The molecule has 3 aliphatic carbocycles. The highest BCUT2D eigenvalue weighted by Crippen LogP contribution is 2.59. The summed E-state index contributed by atoms with van der Waals surface area (Å²) in [6.45, 7) is 14.1. The predicted octanol–water partition coefficient (Wildman–Crippen LogP) is 6.67. The van der Waals surface area contributed by atoms with Crippen molar-refractivity contribution in [3.05, 3.63) is 47.6 Å². The lowest BCUT2D eigenvalue weighted by molar-refractivity contribution is -0.0518. The smallest absolute Gasteiger partial charge is 0.0880 e. The molecule has 204 valence electrons. The molecule has 0 bridgehead atoms. The van der Waals surface area contributed by atoms with Gasteiger partial charge in [-0.15, -0.1) is 0 Å². The number of rotatable bonds is 11. The Balaban J connectivity index is 1.60. The minimum atomic E-state index is -0.685. The molecule has 3 aliphatic rings. The second-order valence-electron chi connectivity index (χ2n) is 12.2. The van der Waals surface area contributed by atoms with Gasteiger partial charge in [0, 0.05) is 6.42 Å². The maximum Gasteiger partial charge on any atom is 0.0880 e. The van der Waals surface area contributed by atoms with Crippen LogP contribution in [0.4, 0.5) is 0 Å². The second-order valence-corrected chi connectivity index (χ2v) is 12.2. The van der Waals surface area contributed by atoms with Crippen molar-refractivity contribution in [2.45, 2.75) is 116 Å². The first-order valence-corrected chi connectivity index (χ1v) is 14.5. The zero-order valence-corrected chi connectivity index (χ0v) is 23.3. The molecule has 0 radical (unpaired) electrons. The third-order valence-corrected chi connectivity index (χ3v) is 9.39. The third-order valence-electron chi connectivity index (χ3n) is 9.39. The fourth-order valence-electron chi connectivity index (χ4n) is 7.53. The molecule has 0 spiro atoms. The summed E-state index contributed by atoms with van der Waals surface area (Å²) in [5.41, 5.74) is 2.92. The number of fused-ring (bicyclic) bond motifs is 1. The molecule has 0 aromatic heterocycles. The summed E-state index contributed by atoms with van der Waals surface area (Å²) in [6.07, 6.45) is 18.4. The molecule has 4 nitrogen and oxygen atoms in total. The van der Waals surface area contributed by atoms with Crippen molar-refractivity contribution in [1.82, 2.24) is 0 Å². The van der Waals surface area contributed by atoms with Gasteiger partial charge in [0.15, 0.2) is 0 Å². The molecule has 36 heavy (non-hydrogen) atoms. The van der Waals surface area contributed by atoms with Gasteiger partial charge in [-0.1, -0.05) is 77.0 Å². The standard InChI is InChI=1S/C32H52O4/c1-6-16-32(35,17-7-2)22-36-19-9-10-23(3)28-14-15-29-25(11-8-18-31(28,29)5)12-13-26-20-27(33)21-30(34)24(26)4/h9-10,12-13,23,27-30,33-35H,4,6-8,11,14-22H2,1-3,5H3/b10-9+,25-12+,26-13-/t23-,27-,28-,29+,30+,31-/m1/s1. The topological polar surface area (TPSA) is 69.9 Å². The van der Waals surface area contributed by atoms with Crippen LogP contribution in [0, 0.1) is 23.2 Å². The van der Waals surface area contributed by atoms with Crippen LogP contribution in [-0.2, 0) is 4.74 Å². The zero-order valence-electron chi connectivity index (χ0n) is 23.3. The lowest BCUT2D eigenvalue weighted by atomic mass is 9.61. The van der Waals surface area contributed by atoms with Gasteiger partial charge in [-0.25, -0.2) is 0 Å². The van der Waals surface area contributed by atoms with Gasteiger partial charge in [-0.3, -0.25) is 0 Å². The average Bonchev–Trinajstić information content (AvgIpc) is 3.18. The number of ether oxygens (including phenoxy) is 1. The van der Waals surface area contributed by atoms with Gasteiger partial charge in [0.2, 0.25) is 0 Å². The van der Waals surface area contributed by atoms with Gasteiger partial charge in [-0.2, -0.15) is 0 Å². The average molecular weight is 501 g/mol. The molecule has 3 saturated carbocycles. The van der Waals surface area contributed by atoms with Crippen molar-refractivity contribution in [2.75, 3.05) is 13.2 Å². The Labute approximate surface area is 220 Å². The highest BCUT2D eigenvalue weighted by atomic mass is 16.5. The molecular formula is C32H52O4. The van der Waals surface area contributed by atoms with Gasteiger partial charge in [0.25, 0.3) is 0 Å². The van der Waals surface area contributed by atoms with Crippen molar-refractivity contribution in [1.29, 1.82) is 0 Å². The van der Waals surface area contributed by atoms with E-state index < -0.39 is 17.8 Å². The Hall–Kier alpha value is -1.20. The molecule has 0 aromatic rings. The first kappa shape index (κ1) is 29.4. The molecule has 3 fully saturated rings. The summed E-state index contributed by atoms with van der Waals surface area (Å²) in [4.78, 5) is 0. The molecule has 3 N–H and O–H groups in total. The maximum absolute atomic E-state index is 10.8. The summed E-state index contributed by atoms with van der Waals surface area (Å²) >= 11 is 0. The summed E-state index contributed by atoms with van der Waals surface area (Å²) < 4.78 is 5.88. The van der Waals surface area contributed by atoms with E-state index in [1.807, 2.05) is 0 Å². The first-order valence-electron chi connectivity index (χ1n) is 14.5. The molecule has 0 amide bonds. The van der Waals surface area contributed by atoms with Crippen LogP contribution >= 0.6 is 0 Å². The largest absolute Gasteiger partial charge is 0.393 e. The van der Waals surface area contributed by atoms with E-state index in [1.54, 1.807) is 0 Å². The molecule has 0 saturated heterocycles. The van der Waals surface area contributed by atoms with Crippen LogP contribution in [0.15, 0.2) is 47.6 Å². The van der Waals surface area contributed by atoms with Gasteiger partial charge >= 0.3 is 0 Å². The monoisotopic (exact) mass is 500 g/mol. The fourth-order valence-corrected chi connectivity index (χ4v) is 7.53. The Morgan fingerprint density at radius 3 is 2.58 bits per heavy atom. The summed E-state index contributed by atoms with van der Waals surface area (Å²) in [5, 5.41) is 31.0. The Morgan fingerprint density at radius 1 is 1.17 bits per heavy atom. The van der Waals surface area contributed by atoms with Gasteiger partial charge in [0.1, 0.15) is 0 Å². The SMILES string of the molecule is C=C1/C(=C\C=C2/CCC[C@]3(C)[C@@H]([C@H](C)/C=C/COCC(O)(CCC)CCC)CC[C@@H]23)C[C@@H](O)C[C@@H]1O. The van der Waals surface area contributed by atoms with Crippen molar-refractivity contribution in [3.63, 3.8) is 0 Å². The highest BCUT2D eigenvalue weighted by Gasteiger charge is 2.50. The van der Waals surface area contributed by atoms with Crippen molar-refractivity contribution in [3.8, 4) is 0 Å². The van der Waals surface area contributed by atoms with Gasteiger partial charge in [0.05, 0.1) is 31.0 Å². The van der Waals surface area contributed by atoms with Crippen LogP contribution in [0.2, 0.25) is 0 Å². The van der Waals surface area contributed by atoms with Crippen LogP contribution in [-0.4, -0.2) is 46.3 Å². The number of allylic oxidation sites excluding steroid dienone is 4. The minimum Gasteiger partial charge on any atom is -0.393 e. The van der Waals surface area contributed by atoms with E-state index in [4.69, 9.17) is 4.74 Å². The Bertz CT molecular complexity index is 818. The molecule has 0 heterocycles. The van der Waals surface area contributed by atoms with Crippen LogP contribution in [0.1, 0.15) is 98.3 Å². The lowest BCUT2D eigenvalue weighted by Crippen LogP contribution is -2.35. The molecule has 4 heteroatoms.